The molecule has 0 aliphatic carbocycles. The maximum Gasteiger partial charge on any atom is 0.272 e. The van der Waals surface area contributed by atoms with E-state index in [0.29, 0.717) is 5.56 Å². The van der Waals surface area contributed by atoms with Crippen molar-refractivity contribution in [2.75, 3.05) is 0 Å². The second kappa shape index (κ2) is 15.1. The molecule has 248 valence electrons. The number of carbonyl (C=O) groups excluding carboxylic acids is 3. The highest BCUT2D eigenvalue weighted by atomic mass is 16.3. The fourth-order valence-corrected chi connectivity index (χ4v) is 4.03. The van der Waals surface area contributed by atoms with Crippen LogP contribution in [-0.4, -0.2) is 64.6 Å². The highest BCUT2D eigenvalue weighted by Crippen LogP contribution is 2.37. The zero-order valence-electron chi connectivity index (χ0n) is 25.1. The summed E-state index contributed by atoms with van der Waals surface area (Å²) in [6, 6.07) is 6.74. The molecule has 0 fully saturated rings. The summed E-state index contributed by atoms with van der Waals surface area (Å²) in [5.41, 5.74) is 5.21. The molecule has 3 rings (SSSR count). The van der Waals surface area contributed by atoms with Gasteiger partial charge in [-0.3, -0.25) is 14.4 Å². The molecule has 1 atom stereocenters. The number of nitrogens with two attached hydrogens (primary N) is 1. The van der Waals surface area contributed by atoms with Crippen LogP contribution in [0.5, 0.6) is 46.0 Å². The van der Waals surface area contributed by atoms with Gasteiger partial charge in [-0.25, -0.2) is 0 Å². The molecule has 0 bridgehead atoms. The first-order valence-corrected chi connectivity index (χ1v) is 13.9. The van der Waals surface area contributed by atoms with Gasteiger partial charge in [0.05, 0.1) is 6.04 Å². The first kappa shape index (κ1) is 35.1. The van der Waals surface area contributed by atoms with E-state index in [4.69, 9.17) is 5.73 Å². The highest BCUT2D eigenvalue weighted by molar-refractivity contribution is 6.08. The van der Waals surface area contributed by atoms with E-state index in [9.17, 15) is 55.2 Å². The minimum absolute atomic E-state index is 0.0120. The normalized spacial score (nSPS) is 12.6. The first-order valence-electron chi connectivity index (χ1n) is 13.9. The molecule has 0 saturated carbocycles. The fraction of sp³-hybridized carbons (Fsp3) is 0.156. The smallest absolute Gasteiger partial charge is 0.272 e. The van der Waals surface area contributed by atoms with Gasteiger partial charge in [-0.1, -0.05) is 19.9 Å². The lowest BCUT2D eigenvalue weighted by atomic mass is 10.0. The Morgan fingerprint density at radius 2 is 1.13 bits per heavy atom. The molecule has 13 N–H and O–H groups in total. The van der Waals surface area contributed by atoms with Crippen molar-refractivity contribution in [2.24, 2.45) is 11.7 Å². The Morgan fingerprint density at radius 1 is 0.660 bits per heavy atom. The van der Waals surface area contributed by atoms with Gasteiger partial charge in [0.1, 0.15) is 11.4 Å². The summed E-state index contributed by atoms with van der Waals surface area (Å²) in [6.07, 6.45) is 4.78. The lowest BCUT2D eigenvalue weighted by molar-refractivity contribution is -0.125. The number of hydrogen-bond donors (Lipinski definition) is 12. The van der Waals surface area contributed by atoms with Crippen molar-refractivity contribution in [3.8, 4) is 46.0 Å². The lowest BCUT2D eigenvalue weighted by Crippen LogP contribution is -2.44. The molecular weight excluding hydrogens is 616 g/mol. The summed E-state index contributed by atoms with van der Waals surface area (Å²) in [5, 5.41) is 85.4. The third-order valence-corrected chi connectivity index (χ3v) is 6.35. The van der Waals surface area contributed by atoms with Crippen LogP contribution in [0.3, 0.4) is 0 Å². The number of carbonyl (C=O) groups is 3. The van der Waals surface area contributed by atoms with Gasteiger partial charge < -0.3 is 62.5 Å². The van der Waals surface area contributed by atoms with Crippen LogP contribution in [0.4, 0.5) is 0 Å². The number of phenolic OH excluding ortho intramolecular Hbond substituents is 8. The summed E-state index contributed by atoms with van der Waals surface area (Å²) in [6.45, 7) is 3.65. The zero-order valence-corrected chi connectivity index (χ0v) is 25.1. The molecule has 0 spiro atoms. The van der Waals surface area contributed by atoms with Crippen molar-refractivity contribution in [3.05, 3.63) is 76.7 Å². The largest absolute Gasteiger partial charge is 0.504 e. The maximum absolute atomic E-state index is 13.6. The predicted octanol–water partition coefficient (Wildman–Crippen LogP) is 2.11. The number of amides is 3. The van der Waals surface area contributed by atoms with E-state index in [0.717, 1.165) is 42.6 Å². The second-order valence-electron chi connectivity index (χ2n) is 10.7. The van der Waals surface area contributed by atoms with Crippen LogP contribution in [0.1, 0.15) is 37.0 Å². The van der Waals surface area contributed by atoms with Crippen LogP contribution < -0.4 is 21.7 Å². The third kappa shape index (κ3) is 9.57. The van der Waals surface area contributed by atoms with Gasteiger partial charge in [0, 0.05) is 6.20 Å². The molecule has 3 amide bonds. The molecule has 0 aromatic heterocycles. The fourth-order valence-electron chi connectivity index (χ4n) is 4.03. The van der Waals surface area contributed by atoms with Crippen LogP contribution in [0.15, 0.2) is 60.1 Å². The standard InChI is InChI=1S/C32H34N4O11/c1-15(2)7-19(33)30(45)35-21(9-18-13-26(41)29(44)27(42)14-18)32(47)36-20(8-17-11-24(39)28(43)25(40)12-17)31(46)34-6-5-16-3-4-22(37)23(38)10-16/h3-6,8-15,19,37-44H,7,33H2,1-2H3,(H,34,46)(H,35,45)(H,36,47)/b6-5+,20-8-,21-9+/t19-/m0/s1. The Bertz CT molecular complexity index is 1730. The van der Waals surface area contributed by atoms with Crippen LogP contribution in [-0.2, 0) is 14.4 Å². The summed E-state index contributed by atoms with van der Waals surface area (Å²) >= 11 is 0. The predicted molar refractivity (Wildman–Crippen MR) is 169 cm³/mol. The Labute approximate surface area is 267 Å². The molecule has 15 nitrogen and oxygen atoms in total. The highest BCUT2D eigenvalue weighted by Gasteiger charge is 2.22. The molecule has 47 heavy (non-hydrogen) atoms. The number of aromatic hydroxyl groups is 8. The summed E-state index contributed by atoms with van der Waals surface area (Å²) in [4.78, 5) is 39.7. The number of phenols is 8. The Hall–Kier alpha value is -6.35. The van der Waals surface area contributed by atoms with E-state index in [2.05, 4.69) is 16.0 Å². The van der Waals surface area contributed by atoms with Gasteiger partial charge in [0.2, 0.25) is 5.91 Å². The van der Waals surface area contributed by atoms with Gasteiger partial charge in [-0.05, 0) is 83.7 Å². The van der Waals surface area contributed by atoms with Crippen LogP contribution in [0.2, 0.25) is 0 Å². The lowest BCUT2D eigenvalue weighted by Gasteiger charge is -2.17. The number of benzene rings is 3. The minimum atomic E-state index is -1.11. The average Bonchev–Trinajstić information content (AvgIpc) is 2.99. The van der Waals surface area contributed by atoms with E-state index >= 15 is 0 Å². The summed E-state index contributed by atoms with van der Waals surface area (Å²) < 4.78 is 0. The van der Waals surface area contributed by atoms with Crippen molar-refractivity contribution >= 4 is 35.9 Å². The van der Waals surface area contributed by atoms with Crippen molar-refractivity contribution in [3.63, 3.8) is 0 Å². The third-order valence-electron chi connectivity index (χ3n) is 6.35. The molecule has 0 aliphatic heterocycles. The molecule has 0 unspecified atom stereocenters. The average molecular weight is 651 g/mol. The first-order chi connectivity index (χ1) is 22.0. The maximum atomic E-state index is 13.6. The van der Waals surface area contributed by atoms with E-state index < -0.39 is 75.4 Å². The molecule has 0 heterocycles. The van der Waals surface area contributed by atoms with Gasteiger partial charge in [-0.2, -0.15) is 0 Å². The summed E-state index contributed by atoms with van der Waals surface area (Å²) in [5.74, 6) is -8.23. The molecule has 0 aliphatic rings. The minimum Gasteiger partial charge on any atom is -0.504 e. The van der Waals surface area contributed by atoms with Gasteiger partial charge in [0.15, 0.2) is 46.0 Å². The Balaban J connectivity index is 2.03. The zero-order chi connectivity index (χ0) is 35.0. The van der Waals surface area contributed by atoms with Crippen LogP contribution >= 0.6 is 0 Å². The van der Waals surface area contributed by atoms with E-state index in [1.165, 1.54) is 24.3 Å². The molecule has 3 aromatic carbocycles. The topological polar surface area (TPSA) is 275 Å². The number of hydrogen-bond acceptors (Lipinski definition) is 12. The van der Waals surface area contributed by atoms with Gasteiger partial charge >= 0.3 is 0 Å². The van der Waals surface area contributed by atoms with Crippen molar-refractivity contribution in [1.29, 1.82) is 0 Å². The summed E-state index contributed by atoms with van der Waals surface area (Å²) in [7, 11) is 0. The molecule has 3 aromatic rings. The van der Waals surface area contributed by atoms with Gasteiger partial charge in [-0.15, -0.1) is 0 Å². The van der Waals surface area contributed by atoms with Crippen molar-refractivity contribution < 1.29 is 55.2 Å². The van der Waals surface area contributed by atoms with Crippen LogP contribution in [0, 0.1) is 5.92 Å². The molecule has 15 heteroatoms. The van der Waals surface area contributed by atoms with E-state index in [1.54, 1.807) is 0 Å². The Morgan fingerprint density at radius 3 is 1.60 bits per heavy atom. The second-order valence-corrected chi connectivity index (χ2v) is 10.7. The van der Waals surface area contributed by atoms with E-state index in [-0.39, 0.29) is 29.2 Å². The van der Waals surface area contributed by atoms with E-state index in [1.807, 2.05) is 13.8 Å². The Kier molecular flexibility index (Phi) is 11.3. The SMILES string of the molecule is CC(C)C[C@H](N)C(=O)N/C(=C/c1cc(O)c(O)c(O)c1)C(=O)N/C(=C\c1cc(O)c(O)c(O)c1)C(=O)N/C=C/c1ccc(O)c(O)c1. The number of nitrogens with one attached hydrogen (secondary N) is 3. The van der Waals surface area contributed by atoms with Crippen molar-refractivity contribution in [1.82, 2.24) is 16.0 Å². The van der Waals surface area contributed by atoms with Crippen molar-refractivity contribution in [2.45, 2.75) is 26.3 Å². The van der Waals surface area contributed by atoms with Crippen LogP contribution in [0.25, 0.3) is 18.2 Å². The quantitative estimate of drug-likeness (QED) is 0.105. The van der Waals surface area contributed by atoms with Gasteiger partial charge in [0.25, 0.3) is 11.8 Å². The molecule has 0 radical (unpaired) electrons. The molecule has 0 saturated heterocycles. The monoisotopic (exact) mass is 650 g/mol. The number of rotatable bonds is 11. The molecular formula is C32H34N4O11.